The zero-order valence-corrected chi connectivity index (χ0v) is 17.8. The average Bonchev–Trinajstić information content (AvgIpc) is 3.28. The maximum absolute atomic E-state index is 13.3. The first-order valence-corrected chi connectivity index (χ1v) is 10.9. The van der Waals surface area contributed by atoms with Gasteiger partial charge in [-0.1, -0.05) is 48.0 Å². The van der Waals surface area contributed by atoms with Gasteiger partial charge in [0, 0.05) is 23.4 Å². The highest BCUT2D eigenvalue weighted by Gasteiger charge is 2.32. The molecule has 0 saturated carbocycles. The van der Waals surface area contributed by atoms with E-state index < -0.39 is 0 Å². The molecular formula is C25H22ClN3O2. The first kappa shape index (κ1) is 19.8. The number of pyridine rings is 1. The summed E-state index contributed by atoms with van der Waals surface area (Å²) in [6.07, 6.45) is 5.23. The summed E-state index contributed by atoms with van der Waals surface area (Å²) < 4.78 is 6.09. The number of halogens is 1. The van der Waals surface area contributed by atoms with Crippen LogP contribution in [-0.4, -0.2) is 27.3 Å². The third-order valence-electron chi connectivity index (χ3n) is 5.73. The van der Waals surface area contributed by atoms with Gasteiger partial charge in [-0.25, -0.2) is 9.97 Å². The molecule has 6 heteroatoms. The van der Waals surface area contributed by atoms with Crippen molar-refractivity contribution in [2.24, 2.45) is 0 Å². The molecule has 156 valence electrons. The van der Waals surface area contributed by atoms with Gasteiger partial charge >= 0.3 is 0 Å². The molecule has 0 unspecified atom stereocenters. The van der Waals surface area contributed by atoms with Crippen LogP contribution in [0.2, 0.25) is 5.02 Å². The minimum absolute atomic E-state index is 0.0760. The fourth-order valence-corrected chi connectivity index (χ4v) is 4.25. The maximum Gasteiger partial charge on any atom is 0.273 e. The van der Waals surface area contributed by atoms with Gasteiger partial charge in [0.15, 0.2) is 0 Å². The number of hydrogen-bond donors (Lipinski definition) is 0. The van der Waals surface area contributed by atoms with Crippen molar-refractivity contribution in [1.82, 2.24) is 14.9 Å². The van der Waals surface area contributed by atoms with Gasteiger partial charge in [-0.05, 0) is 49.1 Å². The molecule has 1 fully saturated rings. The van der Waals surface area contributed by atoms with Crippen LogP contribution in [0.15, 0.2) is 71.3 Å². The highest BCUT2D eigenvalue weighted by atomic mass is 35.5. The molecule has 0 aliphatic carbocycles. The summed E-state index contributed by atoms with van der Waals surface area (Å²) in [6, 6.07) is 19.1. The van der Waals surface area contributed by atoms with E-state index in [0.29, 0.717) is 29.6 Å². The lowest BCUT2D eigenvalue weighted by Crippen LogP contribution is -2.39. The van der Waals surface area contributed by atoms with E-state index >= 15 is 0 Å². The number of hydrogen-bond acceptors (Lipinski definition) is 4. The third-order valence-corrected chi connectivity index (χ3v) is 5.98. The quantitative estimate of drug-likeness (QED) is 0.407. The molecule has 2 aromatic heterocycles. The van der Waals surface area contributed by atoms with E-state index in [9.17, 15) is 4.79 Å². The van der Waals surface area contributed by atoms with E-state index in [0.717, 1.165) is 41.5 Å². The van der Waals surface area contributed by atoms with Gasteiger partial charge in [0.2, 0.25) is 5.89 Å². The number of carbonyl (C=O) groups excluding carboxylic acids is 1. The Kier molecular flexibility index (Phi) is 5.43. The molecule has 1 aliphatic rings. The smallest absolute Gasteiger partial charge is 0.273 e. The molecule has 5 nitrogen and oxygen atoms in total. The minimum atomic E-state index is -0.173. The molecule has 1 saturated heterocycles. The zero-order valence-electron chi connectivity index (χ0n) is 17.0. The van der Waals surface area contributed by atoms with Crippen LogP contribution < -0.4 is 0 Å². The molecule has 3 heterocycles. The summed E-state index contributed by atoms with van der Waals surface area (Å²) >= 11 is 5.97. The Bertz CT molecular complexity index is 1220. The van der Waals surface area contributed by atoms with Crippen LogP contribution in [0.3, 0.4) is 0 Å². The molecule has 1 amide bonds. The van der Waals surface area contributed by atoms with Crippen molar-refractivity contribution in [3.05, 3.63) is 94.8 Å². The lowest BCUT2D eigenvalue weighted by molar-refractivity contribution is 0.0564. The number of oxazole rings is 1. The van der Waals surface area contributed by atoms with Crippen LogP contribution in [0.5, 0.6) is 0 Å². The molecule has 1 aliphatic heterocycles. The van der Waals surface area contributed by atoms with E-state index in [1.165, 1.54) is 0 Å². The molecule has 0 N–H and O–H groups in total. The Balaban J connectivity index is 1.38. The summed E-state index contributed by atoms with van der Waals surface area (Å²) in [5, 5.41) is 1.73. The second-order valence-electron chi connectivity index (χ2n) is 7.87. The summed E-state index contributed by atoms with van der Waals surface area (Å²) in [6.45, 7) is 0.674. The fourth-order valence-electron chi connectivity index (χ4n) is 4.13. The maximum atomic E-state index is 13.3. The standard InChI is InChI=1S/C25H22ClN3O2/c26-19-11-8-17(9-12-19)15-20-16-27-24(31-20)23-7-3-4-14-29(23)25(30)22-13-10-18-5-1-2-6-21(18)28-22/h1-2,5-6,8-13,16,23H,3-4,7,14-15H2/t23-/m0/s1. The van der Waals surface area contributed by atoms with Crippen molar-refractivity contribution in [1.29, 1.82) is 0 Å². The van der Waals surface area contributed by atoms with E-state index in [2.05, 4.69) is 9.97 Å². The molecule has 2 aromatic carbocycles. The minimum Gasteiger partial charge on any atom is -0.443 e. The van der Waals surface area contributed by atoms with Crippen LogP contribution in [-0.2, 0) is 6.42 Å². The van der Waals surface area contributed by atoms with E-state index in [4.69, 9.17) is 16.0 Å². The fraction of sp³-hybridized carbons (Fsp3) is 0.240. The number of carbonyl (C=O) groups is 1. The van der Waals surface area contributed by atoms with E-state index in [-0.39, 0.29) is 11.9 Å². The molecule has 5 rings (SSSR count). The van der Waals surface area contributed by atoms with Gasteiger partial charge in [-0.15, -0.1) is 0 Å². The number of rotatable bonds is 4. The lowest BCUT2D eigenvalue weighted by atomic mass is 10.0. The van der Waals surface area contributed by atoms with Gasteiger partial charge in [-0.2, -0.15) is 0 Å². The molecule has 4 aromatic rings. The Morgan fingerprint density at radius 2 is 1.90 bits per heavy atom. The van der Waals surface area contributed by atoms with Gasteiger partial charge in [0.1, 0.15) is 17.5 Å². The van der Waals surface area contributed by atoms with E-state index in [1.54, 1.807) is 12.3 Å². The number of piperidine rings is 1. The Labute approximate surface area is 185 Å². The van der Waals surface area contributed by atoms with Crippen molar-refractivity contribution in [3.63, 3.8) is 0 Å². The van der Waals surface area contributed by atoms with Gasteiger partial charge in [0.05, 0.1) is 11.7 Å². The van der Waals surface area contributed by atoms with Crippen LogP contribution in [0.25, 0.3) is 10.9 Å². The Morgan fingerprint density at radius 3 is 2.77 bits per heavy atom. The molecule has 31 heavy (non-hydrogen) atoms. The first-order chi connectivity index (χ1) is 15.2. The largest absolute Gasteiger partial charge is 0.443 e. The van der Waals surface area contributed by atoms with E-state index in [1.807, 2.05) is 59.5 Å². The normalized spacial score (nSPS) is 16.5. The SMILES string of the molecule is O=C(c1ccc2ccccc2n1)N1CCCC[C@H]1c1ncc(Cc2ccc(Cl)cc2)o1. The van der Waals surface area contributed by atoms with Gasteiger partial charge in [-0.3, -0.25) is 4.79 Å². The molecule has 0 radical (unpaired) electrons. The predicted octanol–water partition coefficient (Wildman–Crippen LogP) is 5.83. The number of benzene rings is 2. The van der Waals surface area contributed by atoms with Crippen LogP contribution >= 0.6 is 11.6 Å². The molecular weight excluding hydrogens is 410 g/mol. The number of fused-ring (bicyclic) bond motifs is 1. The zero-order chi connectivity index (χ0) is 21.2. The highest BCUT2D eigenvalue weighted by Crippen LogP contribution is 2.32. The van der Waals surface area contributed by atoms with Crippen LogP contribution in [0, 0.1) is 0 Å². The van der Waals surface area contributed by atoms with Gasteiger partial charge in [0.25, 0.3) is 5.91 Å². The van der Waals surface area contributed by atoms with Crippen molar-refractivity contribution >= 4 is 28.4 Å². The summed E-state index contributed by atoms with van der Waals surface area (Å²) in [7, 11) is 0. The topological polar surface area (TPSA) is 59.2 Å². The van der Waals surface area contributed by atoms with Crippen LogP contribution in [0.1, 0.15) is 53.0 Å². The first-order valence-electron chi connectivity index (χ1n) is 10.5. The second-order valence-corrected chi connectivity index (χ2v) is 8.30. The monoisotopic (exact) mass is 431 g/mol. The summed E-state index contributed by atoms with van der Waals surface area (Å²) in [4.78, 5) is 24.3. The number of nitrogens with zero attached hydrogens (tertiary/aromatic N) is 3. The molecule has 0 bridgehead atoms. The second kappa shape index (κ2) is 8.52. The summed E-state index contributed by atoms with van der Waals surface area (Å²) in [5.41, 5.74) is 2.38. The summed E-state index contributed by atoms with van der Waals surface area (Å²) in [5.74, 6) is 1.30. The average molecular weight is 432 g/mol. The molecule has 1 atom stereocenters. The van der Waals surface area contributed by atoms with Crippen LogP contribution in [0.4, 0.5) is 0 Å². The number of para-hydroxylation sites is 1. The highest BCUT2D eigenvalue weighted by molar-refractivity contribution is 6.30. The van der Waals surface area contributed by atoms with Crippen molar-refractivity contribution < 1.29 is 9.21 Å². The number of aromatic nitrogens is 2. The Morgan fingerprint density at radius 1 is 1.06 bits per heavy atom. The lowest BCUT2D eigenvalue weighted by Gasteiger charge is -2.33. The third kappa shape index (κ3) is 4.19. The Hall–Kier alpha value is -3.18. The van der Waals surface area contributed by atoms with Crippen molar-refractivity contribution in [3.8, 4) is 0 Å². The number of amides is 1. The predicted molar refractivity (Wildman–Crippen MR) is 120 cm³/mol. The molecule has 0 spiro atoms. The number of likely N-dealkylation sites (tertiary alicyclic amines) is 1. The van der Waals surface area contributed by atoms with Gasteiger partial charge < -0.3 is 9.32 Å². The van der Waals surface area contributed by atoms with Crippen molar-refractivity contribution in [2.75, 3.05) is 6.54 Å². The van der Waals surface area contributed by atoms with Crippen molar-refractivity contribution in [2.45, 2.75) is 31.7 Å².